The summed E-state index contributed by atoms with van der Waals surface area (Å²) in [5.41, 5.74) is 9.47. The predicted molar refractivity (Wildman–Crippen MR) is 213 cm³/mol. The van der Waals surface area contributed by atoms with Crippen molar-refractivity contribution < 1.29 is 14.5 Å². The lowest BCUT2D eigenvalue weighted by molar-refractivity contribution is -0.0893. The molecule has 5 nitrogen and oxygen atoms in total. The highest BCUT2D eigenvalue weighted by atomic mass is 16.5. The number of hydrogen-bond acceptors (Lipinski definition) is 5. The smallest absolute Gasteiger partial charge is 0.331 e. The van der Waals surface area contributed by atoms with Gasteiger partial charge in [-0.1, -0.05) is 133 Å². The first-order chi connectivity index (χ1) is 25.7. The molecule has 0 bridgehead atoms. The van der Waals surface area contributed by atoms with Crippen LogP contribution < -0.4 is 10.2 Å². The van der Waals surface area contributed by atoms with Crippen LogP contribution in [0.25, 0.3) is 45.0 Å². The zero-order valence-electron chi connectivity index (χ0n) is 30.2. The van der Waals surface area contributed by atoms with E-state index >= 15 is 0 Å². The number of aromatic nitrogens is 2. The maximum Gasteiger partial charge on any atom is 0.331 e. The maximum absolute atomic E-state index is 10.9. The maximum atomic E-state index is 10.9. The molecule has 0 saturated heterocycles. The minimum atomic E-state index is -1.06. The predicted octanol–water partition coefficient (Wildman–Crippen LogP) is 9.76. The molecule has 2 aliphatic rings. The summed E-state index contributed by atoms with van der Waals surface area (Å²) in [6, 6.07) is 52.3. The van der Waals surface area contributed by atoms with Gasteiger partial charge in [-0.25, -0.2) is 9.97 Å². The summed E-state index contributed by atoms with van der Waals surface area (Å²) in [6.45, 7) is 7.37. The van der Waals surface area contributed by atoms with Crippen molar-refractivity contribution in [2.24, 2.45) is 0 Å². The largest absolute Gasteiger partial charge is 0.456 e. The summed E-state index contributed by atoms with van der Waals surface area (Å²) in [6.07, 6.45) is 0. The van der Waals surface area contributed by atoms with Crippen LogP contribution in [0.2, 0.25) is 0 Å². The van der Waals surface area contributed by atoms with Crippen LogP contribution in [-0.4, -0.2) is 33.8 Å². The molecule has 1 unspecified atom stereocenters. The second kappa shape index (κ2) is 12.4. The molecule has 0 fully saturated rings. The zero-order valence-corrected chi connectivity index (χ0v) is 30.2. The molecule has 7 aromatic rings. The van der Waals surface area contributed by atoms with E-state index in [9.17, 15) is 5.11 Å². The molecule has 1 aromatic heterocycles. The van der Waals surface area contributed by atoms with E-state index in [2.05, 4.69) is 97.1 Å². The van der Waals surface area contributed by atoms with Gasteiger partial charge in [0.25, 0.3) is 0 Å². The van der Waals surface area contributed by atoms with Gasteiger partial charge in [-0.3, -0.25) is 0 Å². The highest BCUT2D eigenvalue weighted by Gasteiger charge is 2.52. The van der Waals surface area contributed by atoms with Gasteiger partial charge in [-0.05, 0) is 73.6 Å². The third-order valence-corrected chi connectivity index (χ3v) is 11.1. The molecule has 0 saturated carbocycles. The summed E-state index contributed by atoms with van der Waals surface area (Å²) in [7, 11) is 1.81. The first-order valence-corrected chi connectivity index (χ1v) is 18.0. The van der Waals surface area contributed by atoms with Crippen molar-refractivity contribution in [2.75, 3.05) is 0 Å². The average molecular weight is 690 g/mol. The number of benzene rings is 6. The van der Waals surface area contributed by atoms with Gasteiger partial charge in [-0.2, -0.15) is 0 Å². The fourth-order valence-electron chi connectivity index (χ4n) is 7.71. The highest BCUT2D eigenvalue weighted by molar-refractivity contribution is 6.50. The minimum Gasteiger partial charge on any atom is -0.456 e. The number of para-hydroxylation sites is 2. The van der Waals surface area contributed by atoms with Crippen molar-refractivity contribution >= 4 is 12.9 Å². The molecule has 53 heavy (non-hydrogen) atoms. The van der Waals surface area contributed by atoms with Gasteiger partial charge in [0.1, 0.15) is 11.5 Å². The SMILES string of the molecule is CC(C)(O)C(C)(C)O[B]c1cccc2c1-c1ccccc1C21c2ccccc2Oc2c(-c3cc(-c4ccccc4)nc(-c4ccccc4)n3)cccc21. The van der Waals surface area contributed by atoms with Crippen LogP contribution in [-0.2, 0) is 10.1 Å². The number of rotatable bonds is 7. The summed E-state index contributed by atoms with van der Waals surface area (Å²) in [4.78, 5) is 10.3. The molecule has 1 aliphatic heterocycles. The number of nitrogens with zero attached hydrogens (tertiary/aromatic N) is 2. The topological polar surface area (TPSA) is 64.5 Å². The Hall–Kier alpha value is -5.82. The van der Waals surface area contributed by atoms with Crippen molar-refractivity contribution in [3.05, 3.63) is 174 Å². The average Bonchev–Trinajstić information content (AvgIpc) is 3.48. The van der Waals surface area contributed by atoms with E-state index in [0.29, 0.717) is 5.82 Å². The number of hydrogen-bond donors (Lipinski definition) is 1. The van der Waals surface area contributed by atoms with Gasteiger partial charge >= 0.3 is 7.48 Å². The van der Waals surface area contributed by atoms with Gasteiger partial charge in [-0.15, -0.1) is 0 Å². The fourth-order valence-corrected chi connectivity index (χ4v) is 7.71. The van der Waals surface area contributed by atoms with E-state index in [1.165, 1.54) is 5.56 Å². The summed E-state index contributed by atoms with van der Waals surface area (Å²) in [5, 5.41) is 10.9. The van der Waals surface area contributed by atoms with Crippen molar-refractivity contribution in [1.82, 2.24) is 9.97 Å². The molecule has 1 atom stereocenters. The monoisotopic (exact) mass is 689 g/mol. The molecule has 6 heteroatoms. The molecular formula is C47H38BN2O3. The van der Waals surface area contributed by atoms with Gasteiger partial charge < -0.3 is 14.5 Å². The molecule has 1 radical (unpaired) electrons. The Kier molecular flexibility index (Phi) is 7.74. The number of ether oxygens (including phenoxy) is 1. The molecule has 1 N–H and O–H groups in total. The Labute approximate surface area is 311 Å². The van der Waals surface area contributed by atoms with Crippen LogP contribution in [0, 0.1) is 0 Å². The normalized spacial score (nSPS) is 15.6. The Morgan fingerprint density at radius 2 is 1.17 bits per heavy atom. The lowest BCUT2D eigenvalue weighted by Crippen LogP contribution is -2.49. The van der Waals surface area contributed by atoms with Crippen LogP contribution in [0.4, 0.5) is 0 Å². The number of aliphatic hydroxyl groups is 1. The molecular weight excluding hydrogens is 651 g/mol. The minimum absolute atomic E-state index is 0.649. The molecule has 1 aliphatic carbocycles. The van der Waals surface area contributed by atoms with E-state index in [4.69, 9.17) is 19.4 Å². The lowest BCUT2D eigenvalue weighted by Gasteiger charge is -2.40. The van der Waals surface area contributed by atoms with Crippen molar-refractivity contribution in [3.8, 4) is 56.5 Å². The highest BCUT2D eigenvalue weighted by Crippen LogP contribution is 2.62. The molecule has 6 aromatic carbocycles. The molecule has 257 valence electrons. The fraction of sp³-hybridized carbons (Fsp3) is 0.149. The zero-order chi connectivity index (χ0) is 36.4. The van der Waals surface area contributed by atoms with Gasteiger partial charge in [0.2, 0.25) is 0 Å². The molecule has 2 heterocycles. The lowest BCUT2D eigenvalue weighted by atomic mass is 9.65. The first kappa shape index (κ1) is 33.0. The molecule has 0 amide bonds. The molecule has 1 spiro atoms. The van der Waals surface area contributed by atoms with Crippen LogP contribution in [0.15, 0.2) is 152 Å². The van der Waals surface area contributed by atoms with Gasteiger partial charge in [0.05, 0.1) is 28.0 Å². The Balaban J connectivity index is 1.30. The van der Waals surface area contributed by atoms with Crippen molar-refractivity contribution in [1.29, 1.82) is 0 Å². The Morgan fingerprint density at radius 3 is 1.92 bits per heavy atom. The summed E-state index contributed by atoms with van der Waals surface area (Å²) in [5.74, 6) is 2.21. The third kappa shape index (κ3) is 5.24. The van der Waals surface area contributed by atoms with Crippen molar-refractivity contribution in [3.63, 3.8) is 0 Å². The number of fused-ring (bicyclic) bond motifs is 9. The quantitative estimate of drug-likeness (QED) is 0.169. The van der Waals surface area contributed by atoms with Gasteiger partial charge in [0.15, 0.2) is 5.82 Å². The van der Waals surface area contributed by atoms with Crippen molar-refractivity contribution in [2.45, 2.75) is 44.3 Å². The van der Waals surface area contributed by atoms with Crippen LogP contribution in [0.5, 0.6) is 11.5 Å². The van der Waals surface area contributed by atoms with E-state index in [-0.39, 0.29) is 0 Å². The summed E-state index contributed by atoms with van der Waals surface area (Å²) >= 11 is 0. The second-order valence-corrected chi connectivity index (χ2v) is 14.8. The Morgan fingerprint density at radius 1 is 0.585 bits per heavy atom. The van der Waals surface area contributed by atoms with E-state index in [1.54, 1.807) is 13.8 Å². The van der Waals surface area contributed by atoms with E-state index in [1.807, 2.05) is 75.9 Å². The Bertz CT molecular complexity index is 2450. The van der Waals surface area contributed by atoms with Crippen LogP contribution in [0.1, 0.15) is 49.9 Å². The third-order valence-electron chi connectivity index (χ3n) is 11.1. The van der Waals surface area contributed by atoms with Gasteiger partial charge in [0, 0.05) is 27.8 Å². The standard InChI is InChI=1S/C47H38BN2O3/c1-45(2,51)46(3,4)53-48-38-27-16-25-36-42(38)32-21-11-12-23-34(32)47(36)35-24-13-14-28-41(35)52-43-33(22-15-26-37(43)47)40-29-39(30-17-7-5-8-18-30)49-44(50-40)31-19-9-6-10-20-31/h5-29,51H,1-4H3. The van der Waals surface area contributed by atoms with Crippen LogP contribution >= 0.6 is 0 Å². The molecule has 9 rings (SSSR count). The first-order valence-electron chi connectivity index (χ1n) is 18.0. The van der Waals surface area contributed by atoms with E-state index in [0.717, 1.165) is 72.9 Å². The van der Waals surface area contributed by atoms with Crippen LogP contribution in [0.3, 0.4) is 0 Å². The summed E-state index contributed by atoms with van der Waals surface area (Å²) < 4.78 is 13.4. The second-order valence-electron chi connectivity index (χ2n) is 14.8. The van der Waals surface area contributed by atoms with E-state index < -0.39 is 16.6 Å².